The average molecular weight is 242 g/mol. The van der Waals surface area contributed by atoms with Crippen molar-refractivity contribution in [1.82, 2.24) is 0 Å². The minimum atomic E-state index is -0.974. The first-order chi connectivity index (χ1) is 6.08. The summed E-state index contributed by atoms with van der Waals surface area (Å²) in [7, 11) is 0. The Morgan fingerprint density at radius 3 is 2.69 bits per heavy atom. The van der Waals surface area contributed by atoms with Crippen molar-refractivity contribution in [2.45, 2.75) is 0 Å². The molecule has 0 saturated carbocycles. The van der Waals surface area contributed by atoms with E-state index in [1.807, 2.05) is 0 Å². The second-order valence-corrected chi connectivity index (χ2v) is 3.41. The minimum absolute atomic E-state index is 0.597. The number of carboxylic acid groups (broad SMARTS) is 1. The third-order valence-corrected chi connectivity index (χ3v) is 1.82. The largest absolute Gasteiger partial charge is 0.478 e. The fourth-order valence-corrected chi connectivity index (χ4v) is 1.43. The molecule has 0 atom stereocenters. The highest BCUT2D eigenvalue weighted by molar-refractivity contribution is 9.10. The van der Waals surface area contributed by atoms with E-state index in [1.54, 1.807) is 18.2 Å². The first kappa shape index (κ1) is 9.80. The molecule has 0 amide bonds. The zero-order chi connectivity index (χ0) is 9.84. The van der Waals surface area contributed by atoms with Gasteiger partial charge in [0.2, 0.25) is 0 Å². The number of hydrogen-bond donors (Lipinski definition) is 2. The second kappa shape index (κ2) is 4.09. The summed E-state index contributed by atoms with van der Waals surface area (Å²) in [5, 5.41) is 8.38. The van der Waals surface area contributed by atoms with Crippen LogP contribution in [0.1, 0.15) is 5.56 Å². The summed E-state index contributed by atoms with van der Waals surface area (Å²) in [5.74, 6) is -0.974. The maximum Gasteiger partial charge on any atom is 0.328 e. The van der Waals surface area contributed by atoms with E-state index in [1.165, 1.54) is 6.08 Å². The Balaban J connectivity index is 2.95. The van der Waals surface area contributed by atoms with Crippen LogP contribution in [0.15, 0.2) is 28.7 Å². The van der Waals surface area contributed by atoms with Crippen LogP contribution in [0.3, 0.4) is 0 Å². The van der Waals surface area contributed by atoms with Crippen LogP contribution in [0.2, 0.25) is 0 Å². The van der Waals surface area contributed by atoms with E-state index in [-0.39, 0.29) is 0 Å². The van der Waals surface area contributed by atoms with Crippen molar-refractivity contribution in [3.8, 4) is 0 Å². The number of carboxylic acids is 1. The smallest absolute Gasteiger partial charge is 0.328 e. The molecule has 0 radical (unpaired) electrons. The number of nitrogen functional groups attached to an aromatic ring is 1. The molecule has 0 aliphatic carbocycles. The predicted molar refractivity (Wildman–Crippen MR) is 55.2 cm³/mol. The Bertz CT molecular complexity index is 340. The molecule has 0 spiro atoms. The molecule has 68 valence electrons. The molecule has 1 aromatic carbocycles. The molecule has 0 heterocycles. The molecule has 1 aromatic rings. The van der Waals surface area contributed by atoms with Crippen molar-refractivity contribution in [1.29, 1.82) is 0 Å². The van der Waals surface area contributed by atoms with Gasteiger partial charge in [-0.2, -0.15) is 0 Å². The topological polar surface area (TPSA) is 63.3 Å². The van der Waals surface area contributed by atoms with Crippen LogP contribution >= 0.6 is 15.9 Å². The van der Waals surface area contributed by atoms with E-state index in [0.29, 0.717) is 5.69 Å². The summed E-state index contributed by atoms with van der Waals surface area (Å²) in [6.07, 6.45) is 2.56. The van der Waals surface area contributed by atoms with Gasteiger partial charge >= 0.3 is 5.97 Å². The highest BCUT2D eigenvalue weighted by atomic mass is 79.9. The Morgan fingerprint density at radius 2 is 2.15 bits per heavy atom. The molecule has 1 rings (SSSR count). The van der Waals surface area contributed by atoms with Crippen LogP contribution in [-0.2, 0) is 4.79 Å². The Morgan fingerprint density at radius 1 is 1.46 bits per heavy atom. The maximum atomic E-state index is 10.2. The van der Waals surface area contributed by atoms with Crippen molar-refractivity contribution in [2.24, 2.45) is 0 Å². The monoisotopic (exact) mass is 241 g/mol. The molecule has 0 fully saturated rings. The highest BCUT2D eigenvalue weighted by Crippen LogP contribution is 2.17. The average Bonchev–Trinajstić information content (AvgIpc) is 1.99. The lowest BCUT2D eigenvalue weighted by Gasteiger charge is -1.97. The number of benzene rings is 1. The van der Waals surface area contributed by atoms with E-state index in [2.05, 4.69) is 15.9 Å². The number of carbonyl (C=O) groups is 1. The van der Waals surface area contributed by atoms with Gasteiger partial charge in [-0.25, -0.2) is 4.79 Å². The predicted octanol–water partition coefficient (Wildman–Crippen LogP) is 2.13. The van der Waals surface area contributed by atoms with E-state index in [4.69, 9.17) is 10.8 Å². The van der Waals surface area contributed by atoms with Gasteiger partial charge in [0.1, 0.15) is 0 Å². The van der Waals surface area contributed by atoms with Crippen LogP contribution in [0.5, 0.6) is 0 Å². The number of halogens is 1. The second-order valence-electron chi connectivity index (χ2n) is 2.49. The molecule has 0 aromatic heterocycles. The summed E-state index contributed by atoms with van der Waals surface area (Å²) in [5.41, 5.74) is 6.91. The van der Waals surface area contributed by atoms with Gasteiger partial charge in [0.05, 0.1) is 0 Å². The molecular formula is C9H8BrNO2. The first-order valence-electron chi connectivity index (χ1n) is 3.55. The van der Waals surface area contributed by atoms with Gasteiger partial charge in [0.15, 0.2) is 0 Å². The van der Waals surface area contributed by atoms with E-state index >= 15 is 0 Å². The molecule has 0 saturated heterocycles. The molecule has 3 nitrogen and oxygen atoms in total. The fraction of sp³-hybridized carbons (Fsp3) is 0. The summed E-state index contributed by atoms with van der Waals surface area (Å²) in [4.78, 5) is 10.2. The van der Waals surface area contributed by atoms with Crippen molar-refractivity contribution in [3.05, 3.63) is 34.3 Å². The summed E-state index contributed by atoms with van der Waals surface area (Å²) in [6.45, 7) is 0. The van der Waals surface area contributed by atoms with Crippen LogP contribution in [0.25, 0.3) is 6.08 Å². The minimum Gasteiger partial charge on any atom is -0.478 e. The van der Waals surface area contributed by atoms with Gasteiger partial charge in [-0.15, -0.1) is 0 Å². The van der Waals surface area contributed by atoms with Crippen molar-refractivity contribution >= 4 is 33.7 Å². The SMILES string of the molecule is Nc1cc(Br)cc(C=CC(=O)O)c1. The van der Waals surface area contributed by atoms with Gasteiger partial charge < -0.3 is 10.8 Å². The molecular weight excluding hydrogens is 234 g/mol. The molecule has 3 N–H and O–H groups in total. The lowest BCUT2D eigenvalue weighted by molar-refractivity contribution is -0.131. The van der Waals surface area contributed by atoms with E-state index < -0.39 is 5.97 Å². The summed E-state index contributed by atoms with van der Waals surface area (Å²) < 4.78 is 0.831. The van der Waals surface area contributed by atoms with Gasteiger partial charge in [-0.1, -0.05) is 15.9 Å². The van der Waals surface area contributed by atoms with Gasteiger partial charge in [-0.3, -0.25) is 0 Å². The fourth-order valence-electron chi connectivity index (χ4n) is 0.900. The lowest BCUT2D eigenvalue weighted by Crippen LogP contribution is -1.88. The molecule has 13 heavy (non-hydrogen) atoms. The number of anilines is 1. The number of hydrogen-bond acceptors (Lipinski definition) is 2. The lowest BCUT2D eigenvalue weighted by atomic mass is 10.2. The molecule has 0 aliphatic heterocycles. The quantitative estimate of drug-likeness (QED) is 0.616. The first-order valence-corrected chi connectivity index (χ1v) is 4.34. The zero-order valence-corrected chi connectivity index (χ0v) is 8.28. The number of aliphatic carboxylic acids is 1. The Hall–Kier alpha value is -1.29. The molecule has 0 aliphatic rings. The zero-order valence-electron chi connectivity index (χ0n) is 6.70. The van der Waals surface area contributed by atoms with E-state index in [0.717, 1.165) is 16.1 Å². The third kappa shape index (κ3) is 3.29. The van der Waals surface area contributed by atoms with Gasteiger partial charge in [0.25, 0.3) is 0 Å². The van der Waals surface area contributed by atoms with Crippen LogP contribution < -0.4 is 5.73 Å². The van der Waals surface area contributed by atoms with Gasteiger partial charge in [-0.05, 0) is 29.8 Å². The Labute approximate surface area is 84.0 Å². The van der Waals surface area contributed by atoms with Crippen LogP contribution in [-0.4, -0.2) is 11.1 Å². The van der Waals surface area contributed by atoms with Crippen molar-refractivity contribution in [3.63, 3.8) is 0 Å². The summed E-state index contributed by atoms with van der Waals surface area (Å²) >= 11 is 3.26. The molecule has 4 heteroatoms. The highest BCUT2D eigenvalue weighted by Gasteiger charge is 1.94. The summed E-state index contributed by atoms with van der Waals surface area (Å²) in [6, 6.07) is 5.23. The van der Waals surface area contributed by atoms with E-state index in [9.17, 15) is 4.79 Å². The standard InChI is InChI=1S/C9H8BrNO2/c10-7-3-6(1-2-9(12)13)4-8(11)5-7/h1-5H,11H2,(H,12,13). The normalized spacial score (nSPS) is 10.5. The molecule has 0 bridgehead atoms. The molecule has 0 unspecified atom stereocenters. The van der Waals surface area contributed by atoms with Crippen molar-refractivity contribution < 1.29 is 9.90 Å². The third-order valence-electron chi connectivity index (χ3n) is 1.36. The number of rotatable bonds is 2. The number of nitrogens with two attached hydrogens (primary N) is 1. The van der Waals surface area contributed by atoms with Crippen molar-refractivity contribution in [2.75, 3.05) is 5.73 Å². The van der Waals surface area contributed by atoms with Gasteiger partial charge in [0, 0.05) is 16.2 Å². The van der Waals surface area contributed by atoms with Crippen LogP contribution in [0.4, 0.5) is 5.69 Å². The Kier molecular flexibility index (Phi) is 3.08. The maximum absolute atomic E-state index is 10.2. The van der Waals surface area contributed by atoms with Crippen LogP contribution in [0, 0.1) is 0 Å².